The second-order valence-electron chi connectivity index (χ2n) is 6.04. The summed E-state index contributed by atoms with van der Waals surface area (Å²) in [7, 11) is 0. The predicted octanol–water partition coefficient (Wildman–Crippen LogP) is 3.33. The van der Waals surface area contributed by atoms with Crippen LogP contribution in [0.1, 0.15) is 74.6 Å². The van der Waals surface area contributed by atoms with E-state index in [0.29, 0.717) is 5.92 Å². The van der Waals surface area contributed by atoms with Gasteiger partial charge in [-0.2, -0.15) is 0 Å². The van der Waals surface area contributed by atoms with Crippen LogP contribution < -0.4 is 5.32 Å². The number of nitrogens with zero attached hydrogens (tertiary/aromatic N) is 2. The van der Waals surface area contributed by atoms with Gasteiger partial charge in [0.15, 0.2) is 0 Å². The van der Waals surface area contributed by atoms with E-state index in [9.17, 15) is 0 Å². The number of fused-ring (bicyclic) bond motifs is 1. The highest BCUT2D eigenvalue weighted by atomic mass is 15.0. The average molecular weight is 259 g/mol. The maximum atomic E-state index is 4.89. The summed E-state index contributed by atoms with van der Waals surface area (Å²) in [5.74, 6) is 2.69. The van der Waals surface area contributed by atoms with Gasteiger partial charge in [0.05, 0.1) is 5.69 Å². The molecule has 1 saturated carbocycles. The third kappa shape index (κ3) is 2.53. The quantitative estimate of drug-likeness (QED) is 0.905. The van der Waals surface area contributed by atoms with E-state index in [1.165, 1.54) is 49.1 Å². The molecule has 0 unspecified atom stereocenters. The van der Waals surface area contributed by atoms with Gasteiger partial charge >= 0.3 is 0 Å². The summed E-state index contributed by atoms with van der Waals surface area (Å²) in [6, 6.07) is 0. The van der Waals surface area contributed by atoms with Crippen molar-refractivity contribution in [1.82, 2.24) is 15.3 Å². The van der Waals surface area contributed by atoms with Crippen LogP contribution in [0.15, 0.2) is 0 Å². The fourth-order valence-electron chi connectivity index (χ4n) is 3.56. The molecule has 1 fully saturated rings. The van der Waals surface area contributed by atoms with Gasteiger partial charge in [-0.3, -0.25) is 0 Å². The highest BCUT2D eigenvalue weighted by Gasteiger charge is 2.26. The molecule has 0 spiro atoms. The lowest BCUT2D eigenvalue weighted by Crippen LogP contribution is -2.16. The molecule has 2 heterocycles. The third-order valence-corrected chi connectivity index (χ3v) is 4.91. The van der Waals surface area contributed by atoms with Gasteiger partial charge < -0.3 is 5.32 Å². The maximum absolute atomic E-state index is 4.89. The van der Waals surface area contributed by atoms with Crippen molar-refractivity contribution in [2.45, 2.75) is 71.4 Å². The first-order chi connectivity index (χ1) is 9.31. The fraction of sp³-hybridized carbons (Fsp3) is 0.750. The maximum Gasteiger partial charge on any atom is 0.132 e. The highest BCUT2D eigenvalue weighted by Crippen LogP contribution is 2.36. The van der Waals surface area contributed by atoms with E-state index in [1.807, 2.05) is 0 Å². The molecule has 3 rings (SSSR count). The van der Waals surface area contributed by atoms with Crippen LogP contribution in [0.4, 0.5) is 0 Å². The first-order valence-electron chi connectivity index (χ1n) is 7.91. The Morgan fingerprint density at radius 2 is 1.84 bits per heavy atom. The molecule has 0 bridgehead atoms. The number of nitrogens with one attached hydrogen (secondary N) is 1. The van der Waals surface area contributed by atoms with Crippen LogP contribution in [0.3, 0.4) is 0 Å². The first kappa shape index (κ1) is 13.0. The van der Waals surface area contributed by atoms with Crippen LogP contribution in [0.2, 0.25) is 0 Å². The van der Waals surface area contributed by atoms with Crippen molar-refractivity contribution in [3.63, 3.8) is 0 Å². The van der Waals surface area contributed by atoms with E-state index in [0.717, 1.165) is 31.3 Å². The van der Waals surface area contributed by atoms with Crippen LogP contribution in [-0.2, 0) is 19.5 Å². The third-order valence-electron chi connectivity index (χ3n) is 4.91. The molecule has 19 heavy (non-hydrogen) atoms. The van der Waals surface area contributed by atoms with Crippen molar-refractivity contribution in [3.8, 4) is 0 Å². The molecule has 104 valence electrons. The Hall–Kier alpha value is -0.960. The summed E-state index contributed by atoms with van der Waals surface area (Å²) < 4.78 is 0. The standard InChI is InChI=1S/C16H25N3/c1-3-11-5-7-12(8-6-11)16-18-14(4-2)13-9-17-10-15(13)19-16/h11-12,17H,3-10H2,1-2H3. The average Bonchev–Trinajstić information content (AvgIpc) is 2.94. The molecule has 1 aliphatic carbocycles. The molecule has 0 amide bonds. The zero-order valence-corrected chi connectivity index (χ0v) is 12.2. The van der Waals surface area contributed by atoms with Crippen LogP contribution in [0, 0.1) is 5.92 Å². The van der Waals surface area contributed by atoms with E-state index >= 15 is 0 Å². The van der Waals surface area contributed by atoms with E-state index in [2.05, 4.69) is 19.2 Å². The van der Waals surface area contributed by atoms with Gasteiger partial charge in [0, 0.05) is 30.3 Å². The lowest BCUT2D eigenvalue weighted by atomic mass is 9.80. The molecule has 0 aromatic carbocycles. The summed E-state index contributed by atoms with van der Waals surface area (Å²) in [6.45, 7) is 6.42. The highest BCUT2D eigenvalue weighted by molar-refractivity contribution is 5.30. The minimum atomic E-state index is 0.610. The Kier molecular flexibility index (Phi) is 3.83. The lowest BCUT2D eigenvalue weighted by Gasteiger charge is -2.27. The SMILES string of the molecule is CCc1nc(C2CCC(CC)CC2)nc2c1CNC2. The van der Waals surface area contributed by atoms with Crippen molar-refractivity contribution in [2.24, 2.45) is 5.92 Å². The van der Waals surface area contributed by atoms with Crippen molar-refractivity contribution in [3.05, 3.63) is 22.8 Å². The Morgan fingerprint density at radius 1 is 1.05 bits per heavy atom. The summed E-state index contributed by atoms with van der Waals surface area (Å²) in [5, 5.41) is 3.41. The summed E-state index contributed by atoms with van der Waals surface area (Å²) in [5.41, 5.74) is 3.91. The van der Waals surface area contributed by atoms with E-state index in [4.69, 9.17) is 9.97 Å². The molecule has 0 atom stereocenters. The molecular weight excluding hydrogens is 234 g/mol. The Balaban J connectivity index is 1.82. The molecule has 1 aromatic rings. The number of aryl methyl sites for hydroxylation is 1. The van der Waals surface area contributed by atoms with Gasteiger partial charge in [-0.05, 0) is 38.0 Å². The normalized spacial score (nSPS) is 26.4. The molecule has 1 aromatic heterocycles. The van der Waals surface area contributed by atoms with Gasteiger partial charge in [-0.1, -0.05) is 20.3 Å². The van der Waals surface area contributed by atoms with Crippen LogP contribution in [0.5, 0.6) is 0 Å². The van der Waals surface area contributed by atoms with Crippen molar-refractivity contribution >= 4 is 0 Å². The van der Waals surface area contributed by atoms with Crippen molar-refractivity contribution < 1.29 is 0 Å². The van der Waals surface area contributed by atoms with Gasteiger partial charge in [0.25, 0.3) is 0 Å². The minimum Gasteiger partial charge on any atom is -0.307 e. The second kappa shape index (κ2) is 5.58. The number of hydrogen-bond donors (Lipinski definition) is 1. The molecule has 0 radical (unpaired) electrons. The van der Waals surface area contributed by atoms with Gasteiger partial charge in [0.2, 0.25) is 0 Å². The fourth-order valence-corrected chi connectivity index (χ4v) is 3.56. The topological polar surface area (TPSA) is 37.8 Å². The number of rotatable bonds is 3. The molecule has 0 saturated heterocycles. The van der Waals surface area contributed by atoms with Crippen LogP contribution >= 0.6 is 0 Å². The number of hydrogen-bond acceptors (Lipinski definition) is 3. The predicted molar refractivity (Wildman–Crippen MR) is 76.9 cm³/mol. The molecule has 3 nitrogen and oxygen atoms in total. The van der Waals surface area contributed by atoms with Crippen LogP contribution in [-0.4, -0.2) is 9.97 Å². The summed E-state index contributed by atoms with van der Waals surface area (Å²) >= 11 is 0. The molecule has 2 aliphatic rings. The van der Waals surface area contributed by atoms with Crippen molar-refractivity contribution in [1.29, 1.82) is 0 Å². The molecule has 1 N–H and O–H groups in total. The Bertz CT molecular complexity index is 448. The van der Waals surface area contributed by atoms with E-state index < -0.39 is 0 Å². The monoisotopic (exact) mass is 259 g/mol. The Morgan fingerprint density at radius 3 is 2.53 bits per heavy atom. The van der Waals surface area contributed by atoms with Gasteiger partial charge in [-0.15, -0.1) is 0 Å². The summed E-state index contributed by atoms with van der Waals surface area (Å²) in [6.07, 6.45) is 7.66. The lowest BCUT2D eigenvalue weighted by molar-refractivity contribution is 0.311. The van der Waals surface area contributed by atoms with Crippen molar-refractivity contribution in [2.75, 3.05) is 0 Å². The minimum absolute atomic E-state index is 0.610. The van der Waals surface area contributed by atoms with Gasteiger partial charge in [0.1, 0.15) is 5.82 Å². The van der Waals surface area contributed by atoms with E-state index in [1.54, 1.807) is 0 Å². The molecular formula is C16H25N3. The number of aromatic nitrogens is 2. The van der Waals surface area contributed by atoms with Gasteiger partial charge in [-0.25, -0.2) is 9.97 Å². The smallest absolute Gasteiger partial charge is 0.132 e. The largest absolute Gasteiger partial charge is 0.307 e. The van der Waals surface area contributed by atoms with E-state index in [-0.39, 0.29) is 0 Å². The molecule has 1 aliphatic heterocycles. The first-order valence-corrected chi connectivity index (χ1v) is 7.91. The zero-order valence-electron chi connectivity index (χ0n) is 12.2. The Labute approximate surface area is 116 Å². The summed E-state index contributed by atoms with van der Waals surface area (Å²) in [4.78, 5) is 9.75. The molecule has 3 heteroatoms. The second-order valence-corrected chi connectivity index (χ2v) is 6.04. The van der Waals surface area contributed by atoms with Crippen LogP contribution in [0.25, 0.3) is 0 Å². The zero-order chi connectivity index (χ0) is 13.2.